The van der Waals surface area contributed by atoms with Crippen molar-refractivity contribution in [3.8, 4) is 0 Å². The van der Waals surface area contributed by atoms with Gasteiger partial charge in [0.25, 0.3) is 0 Å². The van der Waals surface area contributed by atoms with E-state index in [0.29, 0.717) is 19.8 Å². The van der Waals surface area contributed by atoms with Crippen LogP contribution in [-0.2, 0) is 36.9 Å². The average Bonchev–Trinajstić information content (AvgIpc) is 3.24. The van der Waals surface area contributed by atoms with Crippen LogP contribution in [0.5, 0.6) is 0 Å². The monoisotopic (exact) mass is 559 g/mol. The molecule has 41 heavy (non-hydrogen) atoms. The molecule has 0 N–H and O–H groups in total. The molecule has 3 aromatic rings. The summed E-state index contributed by atoms with van der Waals surface area (Å²) < 4.78 is 25.0. The van der Waals surface area contributed by atoms with Crippen molar-refractivity contribution in [2.75, 3.05) is 6.61 Å². The molecule has 220 valence electrons. The largest absolute Gasteiger partial charge is 0.460 e. The van der Waals surface area contributed by atoms with Gasteiger partial charge in [-0.15, -0.1) is 0 Å². The topological polar surface area (TPSA) is 57.2 Å². The summed E-state index contributed by atoms with van der Waals surface area (Å²) in [6.45, 7) is 13.1. The Labute approximate surface area is 245 Å². The van der Waals surface area contributed by atoms with E-state index in [1.807, 2.05) is 101 Å². The van der Waals surface area contributed by atoms with E-state index in [4.69, 9.17) is 18.9 Å². The standard InChI is InChI=1S/C35H45NO5/c1-26(29-20-14-9-15-21-29)36(23-27-16-10-7-11-17-27)30(22-32(37)40-34(2,3)4)33-31(39-35(5,6)41-33)25-38-24-28-18-12-8-13-19-28/h7-21,26,30-31,33H,22-25H2,1-6H3/t26-,30-,31+,33-/m1/s1. The third kappa shape index (κ3) is 9.23. The van der Waals surface area contributed by atoms with Crippen molar-refractivity contribution in [3.05, 3.63) is 108 Å². The summed E-state index contributed by atoms with van der Waals surface area (Å²) in [6, 6.07) is 30.4. The Kier molecular flexibility index (Phi) is 10.4. The van der Waals surface area contributed by atoms with Gasteiger partial charge in [0.05, 0.1) is 25.7 Å². The summed E-state index contributed by atoms with van der Waals surface area (Å²) in [5.74, 6) is -1.09. The van der Waals surface area contributed by atoms with Gasteiger partial charge in [-0.25, -0.2) is 0 Å². The number of esters is 1. The summed E-state index contributed by atoms with van der Waals surface area (Å²) in [5.41, 5.74) is 2.81. The normalized spacial score (nSPS) is 20.1. The summed E-state index contributed by atoms with van der Waals surface area (Å²) >= 11 is 0. The molecule has 4 atom stereocenters. The minimum absolute atomic E-state index is 0.0120. The van der Waals surface area contributed by atoms with Gasteiger partial charge in [-0.05, 0) is 58.2 Å². The van der Waals surface area contributed by atoms with Crippen LogP contribution in [0.4, 0.5) is 0 Å². The Morgan fingerprint density at radius 1 is 0.878 bits per heavy atom. The Morgan fingerprint density at radius 3 is 2.02 bits per heavy atom. The Balaban J connectivity index is 1.68. The van der Waals surface area contributed by atoms with Crippen LogP contribution in [0.3, 0.4) is 0 Å². The summed E-state index contributed by atoms with van der Waals surface area (Å²) in [5, 5.41) is 0. The number of hydrogen-bond acceptors (Lipinski definition) is 6. The van der Waals surface area contributed by atoms with E-state index < -0.39 is 17.5 Å². The lowest BCUT2D eigenvalue weighted by molar-refractivity contribution is -0.165. The van der Waals surface area contributed by atoms with Crippen LogP contribution in [-0.4, -0.2) is 47.1 Å². The predicted molar refractivity (Wildman–Crippen MR) is 161 cm³/mol. The molecule has 0 amide bonds. The first kappa shape index (κ1) is 30.9. The minimum atomic E-state index is -0.827. The van der Waals surface area contributed by atoms with Gasteiger partial charge < -0.3 is 18.9 Å². The van der Waals surface area contributed by atoms with Crippen molar-refractivity contribution in [1.82, 2.24) is 4.90 Å². The van der Waals surface area contributed by atoms with Crippen LogP contribution >= 0.6 is 0 Å². The second kappa shape index (κ2) is 13.8. The smallest absolute Gasteiger partial charge is 0.308 e. The highest BCUT2D eigenvalue weighted by Crippen LogP contribution is 2.37. The molecule has 0 bridgehead atoms. The van der Waals surface area contributed by atoms with Gasteiger partial charge in [0.1, 0.15) is 17.8 Å². The van der Waals surface area contributed by atoms with E-state index in [-0.39, 0.29) is 30.6 Å². The quantitative estimate of drug-likeness (QED) is 0.221. The molecule has 0 unspecified atom stereocenters. The van der Waals surface area contributed by atoms with Crippen LogP contribution in [0.2, 0.25) is 0 Å². The zero-order valence-corrected chi connectivity index (χ0v) is 25.3. The van der Waals surface area contributed by atoms with Gasteiger partial charge in [0.15, 0.2) is 5.79 Å². The number of ether oxygens (including phenoxy) is 4. The number of carbonyl (C=O) groups is 1. The molecule has 3 aromatic carbocycles. The fourth-order valence-corrected chi connectivity index (χ4v) is 5.42. The van der Waals surface area contributed by atoms with Crippen LogP contribution in [0, 0.1) is 0 Å². The minimum Gasteiger partial charge on any atom is -0.460 e. The molecule has 0 radical (unpaired) electrons. The summed E-state index contributed by atoms with van der Waals surface area (Å²) in [6.07, 6.45) is -0.647. The maximum Gasteiger partial charge on any atom is 0.308 e. The van der Waals surface area contributed by atoms with Crippen LogP contribution in [0.1, 0.15) is 70.7 Å². The van der Waals surface area contributed by atoms with Gasteiger partial charge in [-0.2, -0.15) is 0 Å². The van der Waals surface area contributed by atoms with E-state index in [0.717, 1.165) is 16.7 Å². The molecule has 1 aliphatic heterocycles. The van der Waals surface area contributed by atoms with Crippen molar-refractivity contribution in [3.63, 3.8) is 0 Å². The fraction of sp³-hybridized carbons (Fsp3) is 0.457. The van der Waals surface area contributed by atoms with Crippen LogP contribution in [0.25, 0.3) is 0 Å². The zero-order valence-electron chi connectivity index (χ0n) is 25.3. The van der Waals surface area contributed by atoms with E-state index in [2.05, 4.69) is 36.1 Å². The molecule has 6 nitrogen and oxygen atoms in total. The Morgan fingerprint density at radius 2 is 1.44 bits per heavy atom. The molecule has 1 aliphatic rings. The molecular weight excluding hydrogens is 514 g/mol. The first-order valence-electron chi connectivity index (χ1n) is 14.5. The number of benzene rings is 3. The molecule has 1 fully saturated rings. The van der Waals surface area contributed by atoms with Gasteiger partial charge in [0.2, 0.25) is 0 Å². The first-order valence-corrected chi connectivity index (χ1v) is 14.5. The number of nitrogens with zero attached hydrogens (tertiary/aromatic N) is 1. The number of carbonyl (C=O) groups excluding carboxylic acids is 1. The molecule has 4 rings (SSSR count). The highest BCUT2D eigenvalue weighted by atomic mass is 16.8. The summed E-state index contributed by atoms with van der Waals surface area (Å²) in [7, 11) is 0. The Bertz CT molecular complexity index is 1210. The van der Waals surface area contributed by atoms with Crippen LogP contribution in [0.15, 0.2) is 91.0 Å². The van der Waals surface area contributed by atoms with E-state index in [1.54, 1.807) is 0 Å². The van der Waals surface area contributed by atoms with E-state index in [9.17, 15) is 4.79 Å². The zero-order chi connectivity index (χ0) is 29.5. The molecule has 0 saturated carbocycles. The SMILES string of the molecule is C[C@H](c1ccccc1)N(Cc1ccccc1)[C@H](CC(=O)OC(C)(C)C)[C@H]1OC(C)(C)O[C@H]1COCc1ccccc1. The highest BCUT2D eigenvalue weighted by Gasteiger charge is 2.48. The number of rotatable bonds is 12. The van der Waals surface area contributed by atoms with Gasteiger partial charge in [-0.3, -0.25) is 9.69 Å². The second-order valence-corrected chi connectivity index (χ2v) is 12.2. The van der Waals surface area contributed by atoms with Crippen molar-refractivity contribution in [2.45, 2.75) is 96.8 Å². The molecule has 1 heterocycles. The third-order valence-corrected chi connectivity index (χ3v) is 7.20. The van der Waals surface area contributed by atoms with E-state index in [1.165, 1.54) is 0 Å². The maximum atomic E-state index is 13.4. The molecular formula is C35H45NO5. The van der Waals surface area contributed by atoms with Crippen molar-refractivity contribution >= 4 is 5.97 Å². The lowest BCUT2D eigenvalue weighted by Crippen LogP contribution is -2.51. The Hall–Kier alpha value is -3.03. The van der Waals surface area contributed by atoms with Crippen molar-refractivity contribution in [1.29, 1.82) is 0 Å². The van der Waals surface area contributed by atoms with Crippen LogP contribution < -0.4 is 0 Å². The number of hydrogen-bond donors (Lipinski definition) is 0. The lowest BCUT2D eigenvalue weighted by Gasteiger charge is -2.40. The lowest BCUT2D eigenvalue weighted by atomic mass is 9.95. The summed E-state index contributed by atoms with van der Waals surface area (Å²) in [4.78, 5) is 15.8. The second-order valence-electron chi connectivity index (χ2n) is 12.2. The maximum absolute atomic E-state index is 13.4. The van der Waals surface area contributed by atoms with Gasteiger partial charge >= 0.3 is 5.97 Å². The molecule has 6 heteroatoms. The van der Waals surface area contributed by atoms with E-state index >= 15 is 0 Å². The predicted octanol–water partition coefficient (Wildman–Crippen LogP) is 7.09. The molecule has 0 aliphatic carbocycles. The molecule has 1 saturated heterocycles. The fourth-order valence-electron chi connectivity index (χ4n) is 5.42. The molecule has 0 aromatic heterocycles. The highest BCUT2D eigenvalue weighted by molar-refractivity contribution is 5.70. The average molecular weight is 560 g/mol. The van der Waals surface area contributed by atoms with Crippen molar-refractivity contribution < 1.29 is 23.7 Å². The van der Waals surface area contributed by atoms with Crippen molar-refractivity contribution in [2.24, 2.45) is 0 Å². The first-order chi connectivity index (χ1) is 19.5. The third-order valence-electron chi connectivity index (χ3n) is 7.20. The van der Waals surface area contributed by atoms with Gasteiger partial charge in [-0.1, -0.05) is 91.0 Å². The molecule has 0 spiro atoms. The van der Waals surface area contributed by atoms with Gasteiger partial charge in [0, 0.05) is 12.6 Å².